The average Bonchev–Trinajstić information content (AvgIpc) is 2.81. The highest BCUT2D eigenvalue weighted by molar-refractivity contribution is 8.00. The molecule has 0 saturated heterocycles. The summed E-state index contributed by atoms with van der Waals surface area (Å²) < 4.78 is 1.13. The molecule has 0 radical (unpaired) electrons. The Balaban J connectivity index is 1.97. The van der Waals surface area contributed by atoms with Gasteiger partial charge in [0.25, 0.3) is 0 Å². The maximum absolute atomic E-state index is 12.2. The van der Waals surface area contributed by atoms with E-state index in [2.05, 4.69) is 10.3 Å². The van der Waals surface area contributed by atoms with Gasteiger partial charge >= 0.3 is 0 Å². The molecule has 0 aliphatic heterocycles. The van der Waals surface area contributed by atoms with Crippen LogP contribution in [0.3, 0.4) is 0 Å². The monoisotopic (exact) mass is 358 g/mol. The second kappa shape index (κ2) is 7.54. The first-order chi connectivity index (χ1) is 9.99. The predicted octanol–water partition coefficient (Wildman–Crippen LogP) is 4.95. The van der Waals surface area contributed by atoms with Gasteiger partial charge in [-0.1, -0.05) is 22.9 Å². The van der Waals surface area contributed by atoms with Crippen molar-refractivity contribution in [3.8, 4) is 0 Å². The topological polar surface area (TPSA) is 42.0 Å². The summed E-state index contributed by atoms with van der Waals surface area (Å²) in [4.78, 5) is 17.6. The van der Waals surface area contributed by atoms with Gasteiger partial charge in [-0.15, -0.1) is 23.5 Å². The van der Waals surface area contributed by atoms with Gasteiger partial charge in [-0.25, -0.2) is 4.98 Å². The van der Waals surface area contributed by atoms with Gasteiger partial charge in [-0.05, 0) is 44.4 Å². The maximum atomic E-state index is 12.2. The van der Waals surface area contributed by atoms with Gasteiger partial charge in [-0.3, -0.25) is 4.79 Å². The highest BCUT2D eigenvalue weighted by Crippen LogP contribution is 2.31. The lowest BCUT2D eigenvalue weighted by atomic mass is 10.4. The molecule has 112 valence electrons. The fraction of sp³-hybridized carbons (Fsp3) is 0.286. The number of nitrogens with zero attached hydrogens (tertiary/aromatic N) is 1. The average molecular weight is 359 g/mol. The Morgan fingerprint density at radius 1 is 1.38 bits per heavy atom. The molecule has 1 unspecified atom stereocenters. The van der Waals surface area contributed by atoms with E-state index in [4.69, 9.17) is 11.6 Å². The van der Waals surface area contributed by atoms with Crippen molar-refractivity contribution < 1.29 is 4.79 Å². The normalized spacial score (nSPS) is 12.2. The Morgan fingerprint density at radius 3 is 2.62 bits per heavy atom. The zero-order valence-corrected chi connectivity index (χ0v) is 15.1. The van der Waals surface area contributed by atoms with Crippen molar-refractivity contribution in [3.05, 3.63) is 35.0 Å². The van der Waals surface area contributed by atoms with E-state index in [1.165, 1.54) is 23.1 Å². The molecule has 1 aromatic carbocycles. The van der Waals surface area contributed by atoms with E-state index in [9.17, 15) is 4.79 Å². The number of thioether (sulfide) groups is 2. The Labute approximate surface area is 141 Å². The lowest BCUT2D eigenvalue weighted by Crippen LogP contribution is -2.22. The van der Waals surface area contributed by atoms with Crippen molar-refractivity contribution in [3.63, 3.8) is 0 Å². The fourth-order valence-electron chi connectivity index (χ4n) is 1.60. The first-order valence-electron chi connectivity index (χ1n) is 6.24. The molecule has 21 heavy (non-hydrogen) atoms. The van der Waals surface area contributed by atoms with Crippen LogP contribution in [0.15, 0.2) is 33.4 Å². The van der Waals surface area contributed by atoms with Crippen LogP contribution in [0.5, 0.6) is 0 Å². The Morgan fingerprint density at radius 2 is 2.05 bits per heavy atom. The van der Waals surface area contributed by atoms with E-state index in [0.717, 1.165) is 14.8 Å². The van der Waals surface area contributed by atoms with Gasteiger partial charge in [0, 0.05) is 9.92 Å². The number of carbonyl (C=O) groups excluding carboxylic acids is 1. The number of hydrogen-bond acceptors (Lipinski definition) is 5. The fourth-order valence-corrected chi connectivity index (χ4v) is 4.21. The molecular weight excluding hydrogens is 344 g/mol. The van der Waals surface area contributed by atoms with Crippen LogP contribution >= 0.6 is 46.5 Å². The molecule has 1 heterocycles. The standard InChI is InChI=1S/C14H15ClN2OS3/c1-8-13(19-3)21-14(16-8)17-12(18)9(2)20-11-6-4-10(15)5-7-11/h4-7,9H,1-3H3,(H,16,17,18). The summed E-state index contributed by atoms with van der Waals surface area (Å²) in [6.07, 6.45) is 2.01. The first kappa shape index (κ1) is 16.7. The minimum absolute atomic E-state index is 0.0450. The number of halogens is 1. The van der Waals surface area contributed by atoms with Gasteiger partial charge in [0.1, 0.15) is 0 Å². The summed E-state index contributed by atoms with van der Waals surface area (Å²) in [7, 11) is 0. The number of anilines is 1. The molecule has 2 aromatic rings. The Kier molecular flexibility index (Phi) is 5.98. The predicted molar refractivity (Wildman–Crippen MR) is 94.0 cm³/mol. The van der Waals surface area contributed by atoms with Crippen molar-refractivity contribution in [1.82, 2.24) is 4.98 Å². The number of hydrogen-bond donors (Lipinski definition) is 1. The molecule has 0 bridgehead atoms. The van der Waals surface area contributed by atoms with Crippen molar-refractivity contribution in [2.24, 2.45) is 0 Å². The number of thiazole rings is 1. The molecule has 1 amide bonds. The van der Waals surface area contributed by atoms with Crippen LogP contribution in [-0.2, 0) is 4.79 Å². The van der Waals surface area contributed by atoms with Gasteiger partial charge in [-0.2, -0.15) is 0 Å². The number of amides is 1. The van der Waals surface area contributed by atoms with Crippen molar-refractivity contribution in [1.29, 1.82) is 0 Å². The zero-order chi connectivity index (χ0) is 15.4. The molecule has 0 aliphatic carbocycles. The van der Waals surface area contributed by atoms with E-state index >= 15 is 0 Å². The SMILES string of the molecule is CSc1sc(NC(=O)C(C)Sc2ccc(Cl)cc2)nc1C. The van der Waals surface area contributed by atoms with Crippen molar-refractivity contribution >= 4 is 57.5 Å². The van der Waals surface area contributed by atoms with Crippen molar-refractivity contribution in [2.45, 2.75) is 28.2 Å². The maximum Gasteiger partial charge on any atom is 0.239 e. The molecule has 0 saturated carbocycles. The summed E-state index contributed by atoms with van der Waals surface area (Å²) in [6.45, 7) is 3.83. The van der Waals surface area contributed by atoms with Gasteiger partial charge in [0.05, 0.1) is 15.2 Å². The molecule has 1 aromatic heterocycles. The van der Waals surface area contributed by atoms with Crippen LogP contribution in [0.4, 0.5) is 5.13 Å². The summed E-state index contributed by atoms with van der Waals surface area (Å²) >= 11 is 10.5. The Hall–Kier alpha value is -0.690. The molecule has 0 aliphatic rings. The van der Waals surface area contributed by atoms with Crippen LogP contribution in [0.1, 0.15) is 12.6 Å². The van der Waals surface area contributed by atoms with E-state index < -0.39 is 0 Å². The minimum Gasteiger partial charge on any atom is -0.301 e. The third-order valence-electron chi connectivity index (χ3n) is 2.67. The molecule has 3 nitrogen and oxygen atoms in total. The number of rotatable bonds is 5. The van der Waals surface area contributed by atoms with Gasteiger partial charge in [0.2, 0.25) is 5.91 Å². The molecule has 1 atom stereocenters. The number of carbonyl (C=O) groups is 1. The molecular formula is C14H15ClN2OS3. The third-order valence-corrected chi connectivity index (χ3v) is 6.31. The van der Waals surface area contributed by atoms with E-state index in [1.807, 2.05) is 44.4 Å². The largest absolute Gasteiger partial charge is 0.301 e. The highest BCUT2D eigenvalue weighted by Gasteiger charge is 2.17. The van der Waals surface area contributed by atoms with Gasteiger partial charge < -0.3 is 5.32 Å². The van der Waals surface area contributed by atoms with Crippen LogP contribution in [0, 0.1) is 6.92 Å². The van der Waals surface area contributed by atoms with Crippen LogP contribution in [-0.4, -0.2) is 22.4 Å². The number of aryl methyl sites for hydroxylation is 1. The van der Waals surface area contributed by atoms with E-state index in [-0.39, 0.29) is 11.2 Å². The number of nitrogens with one attached hydrogen (secondary N) is 1. The molecule has 2 rings (SSSR count). The summed E-state index contributed by atoms with van der Waals surface area (Å²) in [5.41, 5.74) is 0.959. The summed E-state index contributed by atoms with van der Waals surface area (Å²) in [5, 5.41) is 4.03. The smallest absolute Gasteiger partial charge is 0.239 e. The lowest BCUT2D eigenvalue weighted by molar-refractivity contribution is -0.115. The Bertz CT molecular complexity index is 628. The van der Waals surface area contributed by atoms with Gasteiger partial charge in [0.15, 0.2) is 5.13 Å². The molecule has 0 spiro atoms. The van der Waals surface area contributed by atoms with Crippen molar-refractivity contribution in [2.75, 3.05) is 11.6 Å². The zero-order valence-electron chi connectivity index (χ0n) is 11.8. The van der Waals surface area contributed by atoms with Crippen LogP contribution in [0.25, 0.3) is 0 Å². The molecule has 7 heteroatoms. The first-order valence-corrected chi connectivity index (χ1v) is 9.54. The van der Waals surface area contributed by atoms with E-state index in [0.29, 0.717) is 10.2 Å². The quantitative estimate of drug-likeness (QED) is 0.768. The van der Waals surface area contributed by atoms with Crippen LogP contribution in [0.2, 0.25) is 5.02 Å². The molecule has 1 N–H and O–H groups in total. The number of benzene rings is 1. The van der Waals surface area contributed by atoms with Crippen LogP contribution < -0.4 is 5.32 Å². The summed E-state index contributed by atoms with van der Waals surface area (Å²) in [5.74, 6) is -0.0450. The second-order valence-electron chi connectivity index (χ2n) is 4.30. The third kappa shape index (κ3) is 4.64. The number of aromatic nitrogens is 1. The molecule has 0 fully saturated rings. The minimum atomic E-state index is -0.201. The highest BCUT2D eigenvalue weighted by atomic mass is 35.5. The lowest BCUT2D eigenvalue weighted by Gasteiger charge is -2.10. The second-order valence-corrected chi connectivity index (χ2v) is 8.22. The van der Waals surface area contributed by atoms with E-state index in [1.54, 1.807) is 11.8 Å². The summed E-state index contributed by atoms with van der Waals surface area (Å²) in [6, 6.07) is 7.47.